The Bertz CT molecular complexity index is 1030. The summed E-state index contributed by atoms with van der Waals surface area (Å²) in [6, 6.07) is 12.1. The van der Waals surface area contributed by atoms with Crippen molar-refractivity contribution in [2.24, 2.45) is 0 Å². The van der Waals surface area contributed by atoms with Crippen molar-refractivity contribution in [3.05, 3.63) is 65.4 Å². The Kier molecular flexibility index (Phi) is 5.20. The lowest BCUT2D eigenvalue weighted by Gasteiger charge is -2.26. The smallest absolute Gasteiger partial charge is 0.274 e. The standard InChI is InChI=1S/C22H25N5O2/c1-14-6-4-5-7-18(14)25-16-10-11-27-19(12-16)24-15(2)21(27)22(28)26-17-8-9-20(29-3)23-13-17/h4-9,13,16,25H,10-12H2,1-3H3,(H,26,28). The number of hydrogen-bond donors (Lipinski definition) is 2. The van der Waals surface area contributed by atoms with E-state index in [1.165, 1.54) is 5.56 Å². The van der Waals surface area contributed by atoms with Crippen LogP contribution in [0.25, 0.3) is 0 Å². The number of imidazole rings is 1. The van der Waals surface area contributed by atoms with Gasteiger partial charge in [0, 0.05) is 30.8 Å². The van der Waals surface area contributed by atoms with Crippen LogP contribution in [0.1, 0.15) is 34.0 Å². The number of ether oxygens (including phenoxy) is 1. The minimum atomic E-state index is -0.168. The van der Waals surface area contributed by atoms with E-state index in [1.807, 2.05) is 23.6 Å². The molecule has 7 heteroatoms. The molecule has 1 unspecified atom stereocenters. The zero-order valence-corrected chi connectivity index (χ0v) is 16.9. The average Bonchev–Trinajstić information content (AvgIpc) is 3.05. The summed E-state index contributed by atoms with van der Waals surface area (Å²) in [5.41, 5.74) is 4.37. The normalized spacial score (nSPS) is 15.5. The largest absolute Gasteiger partial charge is 0.481 e. The number of para-hydroxylation sites is 1. The second-order valence-electron chi connectivity index (χ2n) is 7.31. The lowest BCUT2D eigenvalue weighted by molar-refractivity contribution is 0.101. The van der Waals surface area contributed by atoms with E-state index < -0.39 is 0 Å². The van der Waals surface area contributed by atoms with Crippen LogP contribution in [0.5, 0.6) is 5.88 Å². The van der Waals surface area contributed by atoms with Crippen LogP contribution in [0.3, 0.4) is 0 Å². The predicted molar refractivity (Wildman–Crippen MR) is 113 cm³/mol. The van der Waals surface area contributed by atoms with Gasteiger partial charge >= 0.3 is 0 Å². The molecule has 2 N–H and O–H groups in total. The topological polar surface area (TPSA) is 81.1 Å². The Balaban J connectivity index is 1.49. The maximum atomic E-state index is 12.9. The number of nitrogens with one attached hydrogen (secondary N) is 2. The number of pyridine rings is 1. The molecule has 1 aliphatic heterocycles. The third-order valence-electron chi connectivity index (χ3n) is 5.27. The summed E-state index contributed by atoms with van der Waals surface area (Å²) in [5, 5.41) is 6.54. The van der Waals surface area contributed by atoms with Crippen LogP contribution >= 0.6 is 0 Å². The molecule has 0 bridgehead atoms. The Morgan fingerprint density at radius 1 is 1.21 bits per heavy atom. The zero-order valence-electron chi connectivity index (χ0n) is 16.9. The van der Waals surface area contributed by atoms with Gasteiger partial charge in [0.1, 0.15) is 11.5 Å². The number of hydrogen-bond acceptors (Lipinski definition) is 5. The van der Waals surface area contributed by atoms with E-state index in [4.69, 9.17) is 4.74 Å². The average molecular weight is 391 g/mol. The molecule has 1 atom stereocenters. The predicted octanol–water partition coefficient (Wildman–Crippen LogP) is 3.58. The number of fused-ring (bicyclic) bond motifs is 1. The highest BCUT2D eigenvalue weighted by molar-refractivity contribution is 6.03. The second-order valence-corrected chi connectivity index (χ2v) is 7.31. The molecule has 29 heavy (non-hydrogen) atoms. The van der Waals surface area contributed by atoms with Crippen molar-refractivity contribution < 1.29 is 9.53 Å². The maximum absolute atomic E-state index is 12.9. The highest BCUT2D eigenvalue weighted by Crippen LogP contribution is 2.24. The van der Waals surface area contributed by atoms with Gasteiger partial charge in [-0.2, -0.15) is 0 Å². The molecule has 0 radical (unpaired) electrons. The van der Waals surface area contributed by atoms with Gasteiger partial charge in [0.25, 0.3) is 5.91 Å². The van der Waals surface area contributed by atoms with Crippen molar-refractivity contribution in [2.75, 3.05) is 17.7 Å². The number of aryl methyl sites for hydroxylation is 2. The molecular weight excluding hydrogens is 366 g/mol. The van der Waals surface area contributed by atoms with Gasteiger partial charge in [-0.25, -0.2) is 9.97 Å². The van der Waals surface area contributed by atoms with Gasteiger partial charge in [-0.15, -0.1) is 0 Å². The molecule has 1 aliphatic rings. The van der Waals surface area contributed by atoms with Crippen LogP contribution in [0.15, 0.2) is 42.6 Å². The molecule has 3 aromatic rings. The molecule has 4 rings (SSSR count). The zero-order chi connectivity index (χ0) is 20.4. The maximum Gasteiger partial charge on any atom is 0.274 e. The Hall–Kier alpha value is -3.35. The fraction of sp³-hybridized carbons (Fsp3) is 0.318. The van der Waals surface area contributed by atoms with E-state index in [0.717, 1.165) is 36.6 Å². The summed E-state index contributed by atoms with van der Waals surface area (Å²) in [6.07, 6.45) is 3.30. The number of anilines is 2. The molecule has 0 aliphatic carbocycles. The highest BCUT2D eigenvalue weighted by atomic mass is 16.5. The Morgan fingerprint density at radius 3 is 2.76 bits per heavy atom. The quantitative estimate of drug-likeness (QED) is 0.695. The fourth-order valence-corrected chi connectivity index (χ4v) is 3.77. The second kappa shape index (κ2) is 7.95. The van der Waals surface area contributed by atoms with Crippen LogP contribution in [0.2, 0.25) is 0 Å². The van der Waals surface area contributed by atoms with Crippen LogP contribution in [-0.4, -0.2) is 33.6 Å². The van der Waals surface area contributed by atoms with Crippen molar-refractivity contribution in [1.82, 2.24) is 14.5 Å². The van der Waals surface area contributed by atoms with Crippen molar-refractivity contribution in [3.8, 4) is 5.88 Å². The summed E-state index contributed by atoms with van der Waals surface area (Å²) in [7, 11) is 1.56. The van der Waals surface area contributed by atoms with Gasteiger partial charge in [-0.05, 0) is 38.0 Å². The number of amides is 1. The molecule has 0 fully saturated rings. The van der Waals surface area contributed by atoms with Gasteiger partial charge in [0.15, 0.2) is 0 Å². The summed E-state index contributed by atoms with van der Waals surface area (Å²) in [6.45, 7) is 4.74. The molecule has 3 heterocycles. The number of carbonyl (C=O) groups excluding carboxylic acids is 1. The van der Waals surface area contributed by atoms with Crippen molar-refractivity contribution in [1.29, 1.82) is 0 Å². The monoisotopic (exact) mass is 391 g/mol. The van der Waals surface area contributed by atoms with Crippen LogP contribution in [0, 0.1) is 13.8 Å². The lowest BCUT2D eigenvalue weighted by atomic mass is 10.0. The van der Waals surface area contributed by atoms with E-state index in [0.29, 0.717) is 23.3 Å². The van der Waals surface area contributed by atoms with Gasteiger partial charge in [-0.1, -0.05) is 18.2 Å². The first-order valence-electron chi connectivity index (χ1n) is 9.74. The number of methoxy groups -OCH3 is 1. The van der Waals surface area contributed by atoms with Gasteiger partial charge < -0.3 is 19.9 Å². The van der Waals surface area contributed by atoms with Gasteiger partial charge in [0.2, 0.25) is 5.88 Å². The van der Waals surface area contributed by atoms with Crippen molar-refractivity contribution >= 4 is 17.3 Å². The molecule has 0 spiro atoms. The van der Waals surface area contributed by atoms with Crippen LogP contribution in [0.4, 0.5) is 11.4 Å². The third-order valence-corrected chi connectivity index (χ3v) is 5.27. The van der Waals surface area contributed by atoms with E-state index in [1.54, 1.807) is 25.4 Å². The minimum Gasteiger partial charge on any atom is -0.481 e. The molecule has 0 saturated heterocycles. The van der Waals surface area contributed by atoms with Gasteiger partial charge in [-0.3, -0.25) is 4.79 Å². The molecule has 1 amide bonds. The molecule has 2 aromatic heterocycles. The summed E-state index contributed by atoms with van der Waals surface area (Å²) >= 11 is 0. The van der Waals surface area contributed by atoms with E-state index in [-0.39, 0.29) is 5.91 Å². The number of carbonyl (C=O) groups is 1. The molecule has 0 saturated carbocycles. The Labute approximate surface area is 170 Å². The first kappa shape index (κ1) is 19.0. The third kappa shape index (κ3) is 3.94. The number of rotatable bonds is 5. The summed E-state index contributed by atoms with van der Waals surface area (Å²) in [4.78, 5) is 21.7. The highest BCUT2D eigenvalue weighted by Gasteiger charge is 2.27. The first-order valence-corrected chi connectivity index (χ1v) is 9.74. The number of aromatic nitrogens is 3. The van der Waals surface area contributed by atoms with E-state index >= 15 is 0 Å². The number of benzene rings is 1. The first-order chi connectivity index (χ1) is 14.0. The van der Waals surface area contributed by atoms with Gasteiger partial charge in [0.05, 0.1) is 24.7 Å². The molecule has 7 nitrogen and oxygen atoms in total. The molecule has 1 aromatic carbocycles. The minimum absolute atomic E-state index is 0.168. The lowest BCUT2D eigenvalue weighted by Crippen LogP contribution is -2.32. The van der Waals surface area contributed by atoms with E-state index in [2.05, 4.69) is 39.7 Å². The van der Waals surface area contributed by atoms with Crippen LogP contribution in [-0.2, 0) is 13.0 Å². The molecular formula is C22H25N5O2. The Morgan fingerprint density at radius 2 is 2.03 bits per heavy atom. The van der Waals surface area contributed by atoms with E-state index in [9.17, 15) is 4.79 Å². The number of nitrogens with zero attached hydrogens (tertiary/aromatic N) is 3. The SMILES string of the molecule is COc1ccc(NC(=O)c2c(C)nc3n2CCC(Nc2ccccc2C)C3)cn1. The summed E-state index contributed by atoms with van der Waals surface area (Å²) in [5.74, 6) is 1.28. The van der Waals surface area contributed by atoms with Crippen molar-refractivity contribution in [2.45, 2.75) is 39.3 Å². The fourth-order valence-electron chi connectivity index (χ4n) is 3.77. The van der Waals surface area contributed by atoms with Crippen molar-refractivity contribution in [3.63, 3.8) is 0 Å². The summed E-state index contributed by atoms with van der Waals surface area (Å²) < 4.78 is 7.10. The molecule has 150 valence electrons. The van der Waals surface area contributed by atoms with Crippen LogP contribution < -0.4 is 15.4 Å².